The standard InChI is InChI=1S/C14H17NO6/c1-8(16)21-13(10-7-20-14(17)15-10)9-4-5-11(18-2)12(6-9)19-3/h4-6,10,13H,7H2,1-3H3,(H,15,17)/t10-,13+/m1/s1. The van der Waals surface area contributed by atoms with Crippen molar-refractivity contribution in [2.24, 2.45) is 0 Å². The number of nitrogens with one attached hydrogen (secondary N) is 1. The van der Waals surface area contributed by atoms with Crippen LogP contribution in [-0.2, 0) is 14.3 Å². The highest BCUT2D eigenvalue weighted by atomic mass is 16.6. The predicted molar refractivity (Wildman–Crippen MR) is 72.3 cm³/mol. The molecule has 7 nitrogen and oxygen atoms in total. The van der Waals surface area contributed by atoms with Crippen molar-refractivity contribution in [1.82, 2.24) is 5.32 Å². The van der Waals surface area contributed by atoms with E-state index in [-0.39, 0.29) is 6.61 Å². The van der Waals surface area contributed by atoms with Crippen LogP contribution in [0.5, 0.6) is 11.5 Å². The van der Waals surface area contributed by atoms with Gasteiger partial charge in [-0.1, -0.05) is 6.07 Å². The summed E-state index contributed by atoms with van der Waals surface area (Å²) in [4.78, 5) is 22.5. The third kappa shape index (κ3) is 3.36. The fraction of sp³-hybridized carbons (Fsp3) is 0.429. The van der Waals surface area contributed by atoms with Gasteiger partial charge in [0.15, 0.2) is 17.6 Å². The Morgan fingerprint density at radius 2 is 2.05 bits per heavy atom. The molecular weight excluding hydrogens is 278 g/mol. The van der Waals surface area contributed by atoms with E-state index in [0.29, 0.717) is 17.1 Å². The molecule has 2 rings (SSSR count). The van der Waals surface area contributed by atoms with E-state index < -0.39 is 24.2 Å². The minimum atomic E-state index is -0.659. The Morgan fingerprint density at radius 1 is 1.33 bits per heavy atom. The summed E-state index contributed by atoms with van der Waals surface area (Å²) < 4.78 is 20.6. The molecule has 114 valence electrons. The third-order valence-corrected chi connectivity index (χ3v) is 3.09. The summed E-state index contributed by atoms with van der Waals surface area (Å²) in [7, 11) is 3.05. The second kappa shape index (κ2) is 6.34. The monoisotopic (exact) mass is 295 g/mol. The van der Waals surface area contributed by atoms with Crippen molar-refractivity contribution >= 4 is 12.1 Å². The number of methoxy groups -OCH3 is 2. The first kappa shape index (κ1) is 15.0. The van der Waals surface area contributed by atoms with Gasteiger partial charge in [0, 0.05) is 6.92 Å². The Hall–Kier alpha value is -2.44. The number of cyclic esters (lactones) is 1. The maximum Gasteiger partial charge on any atom is 0.407 e. The molecule has 21 heavy (non-hydrogen) atoms. The van der Waals surface area contributed by atoms with E-state index in [1.165, 1.54) is 21.1 Å². The molecule has 1 aromatic rings. The summed E-state index contributed by atoms with van der Waals surface area (Å²) in [5.41, 5.74) is 0.679. The van der Waals surface area contributed by atoms with Crippen molar-refractivity contribution in [2.45, 2.75) is 19.1 Å². The molecule has 0 aromatic heterocycles. The molecule has 2 atom stereocenters. The molecule has 1 aromatic carbocycles. The lowest BCUT2D eigenvalue weighted by Gasteiger charge is -2.22. The maximum atomic E-state index is 11.3. The fourth-order valence-corrected chi connectivity index (χ4v) is 2.15. The molecule has 1 aliphatic heterocycles. The lowest BCUT2D eigenvalue weighted by molar-refractivity contribution is -0.148. The number of hydrogen-bond donors (Lipinski definition) is 1. The molecule has 1 fully saturated rings. The highest BCUT2D eigenvalue weighted by Gasteiger charge is 2.34. The van der Waals surface area contributed by atoms with Gasteiger partial charge < -0.3 is 24.3 Å². The Morgan fingerprint density at radius 3 is 2.57 bits per heavy atom. The molecule has 1 amide bonds. The molecule has 1 N–H and O–H groups in total. The predicted octanol–water partition coefficient (Wildman–Crippen LogP) is 1.42. The Balaban J connectivity index is 2.31. The van der Waals surface area contributed by atoms with Crippen LogP contribution in [0.4, 0.5) is 4.79 Å². The average molecular weight is 295 g/mol. The number of hydrogen-bond acceptors (Lipinski definition) is 6. The van der Waals surface area contributed by atoms with Crippen LogP contribution in [0.1, 0.15) is 18.6 Å². The van der Waals surface area contributed by atoms with Crippen molar-refractivity contribution < 1.29 is 28.5 Å². The van der Waals surface area contributed by atoms with Crippen LogP contribution < -0.4 is 14.8 Å². The number of esters is 1. The van der Waals surface area contributed by atoms with Crippen LogP contribution in [0, 0.1) is 0 Å². The van der Waals surface area contributed by atoms with Crippen molar-refractivity contribution in [2.75, 3.05) is 20.8 Å². The van der Waals surface area contributed by atoms with E-state index in [9.17, 15) is 9.59 Å². The van der Waals surface area contributed by atoms with E-state index in [1.807, 2.05) is 0 Å². The summed E-state index contributed by atoms with van der Waals surface area (Å²) in [6.45, 7) is 1.44. The van der Waals surface area contributed by atoms with Gasteiger partial charge in [-0.2, -0.15) is 0 Å². The Labute approximate surface area is 122 Å². The minimum absolute atomic E-state index is 0.130. The van der Waals surface area contributed by atoms with Crippen LogP contribution >= 0.6 is 0 Å². The second-order valence-corrected chi connectivity index (χ2v) is 4.49. The molecule has 0 spiro atoms. The van der Waals surface area contributed by atoms with Crippen LogP contribution in [-0.4, -0.2) is 38.9 Å². The van der Waals surface area contributed by atoms with Crippen molar-refractivity contribution in [3.63, 3.8) is 0 Å². The van der Waals surface area contributed by atoms with Gasteiger partial charge in [0.25, 0.3) is 0 Å². The number of carbonyl (C=O) groups excluding carboxylic acids is 2. The summed E-state index contributed by atoms with van der Waals surface area (Å²) in [5.74, 6) is 0.628. The number of benzene rings is 1. The maximum absolute atomic E-state index is 11.3. The Kier molecular flexibility index (Phi) is 4.52. The molecule has 0 saturated carbocycles. The zero-order chi connectivity index (χ0) is 15.4. The largest absolute Gasteiger partial charge is 0.493 e. The van der Waals surface area contributed by atoms with E-state index in [4.69, 9.17) is 18.9 Å². The Bertz CT molecular complexity index is 544. The van der Waals surface area contributed by atoms with Gasteiger partial charge in [-0.05, 0) is 17.7 Å². The number of carbonyl (C=O) groups is 2. The quantitative estimate of drug-likeness (QED) is 0.827. The zero-order valence-electron chi connectivity index (χ0n) is 12.0. The SMILES string of the molecule is COc1ccc([C@H](OC(C)=O)[C@H]2COC(=O)N2)cc1OC. The van der Waals surface area contributed by atoms with Crippen molar-refractivity contribution in [3.8, 4) is 11.5 Å². The van der Waals surface area contributed by atoms with Crippen LogP contribution in [0.15, 0.2) is 18.2 Å². The van der Waals surface area contributed by atoms with Gasteiger partial charge in [-0.3, -0.25) is 4.79 Å². The molecular formula is C14H17NO6. The van der Waals surface area contributed by atoms with Crippen LogP contribution in [0.3, 0.4) is 0 Å². The zero-order valence-corrected chi connectivity index (χ0v) is 12.0. The topological polar surface area (TPSA) is 83.1 Å². The number of rotatable bonds is 5. The molecule has 1 saturated heterocycles. The first-order valence-electron chi connectivity index (χ1n) is 6.37. The smallest absolute Gasteiger partial charge is 0.407 e. The van der Waals surface area contributed by atoms with Gasteiger partial charge in [-0.15, -0.1) is 0 Å². The first-order valence-corrected chi connectivity index (χ1v) is 6.37. The van der Waals surface area contributed by atoms with Gasteiger partial charge in [0.1, 0.15) is 12.6 Å². The number of alkyl carbamates (subject to hydrolysis) is 1. The highest BCUT2D eigenvalue weighted by molar-refractivity contribution is 5.70. The molecule has 0 aliphatic carbocycles. The summed E-state index contributed by atoms with van der Waals surface area (Å²) >= 11 is 0. The third-order valence-electron chi connectivity index (χ3n) is 3.09. The summed E-state index contributed by atoms with van der Waals surface area (Å²) in [5, 5.41) is 2.61. The molecule has 7 heteroatoms. The minimum Gasteiger partial charge on any atom is -0.493 e. The summed E-state index contributed by atoms with van der Waals surface area (Å²) in [6.07, 6.45) is -1.19. The summed E-state index contributed by atoms with van der Waals surface area (Å²) in [6, 6.07) is 4.72. The molecule has 0 unspecified atom stereocenters. The first-order chi connectivity index (χ1) is 10.0. The van der Waals surface area contributed by atoms with Gasteiger partial charge >= 0.3 is 12.1 Å². The van der Waals surface area contributed by atoms with Gasteiger partial charge in [-0.25, -0.2) is 4.79 Å². The van der Waals surface area contributed by atoms with Crippen molar-refractivity contribution in [3.05, 3.63) is 23.8 Å². The highest BCUT2D eigenvalue weighted by Crippen LogP contribution is 2.33. The fourth-order valence-electron chi connectivity index (χ4n) is 2.15. The van der Waals surface area contributed by atoms with Crippen LogP contribution in [0.25, 0.3) is 0 Å². The van der Waals surface area contributed by atoms with E-state index >= 15 is 0 Å². The van der Waals surface area contributed by atoms with E-state index in [1.54, 1.807) is 18.2 Å². The second-order valence-electron chi connectivity index (χ2n) is 4.49. The average Bonchev–Trinajstić information content (AvgIpc) is 2.90. The van der Waals surface area contributed by atoms with Gasteiger partial charge in [0.2, 0.25) is 0 Å². The normalized spacial score (nSPS) is 18.4. The number of ether oxygens (including phenoxy) is 4. The van der Waals surface area contributed by atoms with Gasteiger partial charge in [0.05, 0.1) is 14.2 Å². The molecule has 0 radical (unpaired) electrons. The van der Waals surface area contributed by atoms with Crippen molar-refractivity contribution in [1.29, 1.82) is 0 Å². The molecule has 0 bridgehead atoms. The molecule has 1 aliphatic rings. The van der Waals surface area contributed by atoms with E-state index in [0.717, 1.165) is 0 Å². The lowest BCUT2D eigenvalue weighted by atomic mass is 10.0. The van der Waals surface area contributed by atoms with Crippen LogP contribution in [0.2, 0.25) is 0 Å². The lowest BCUT2D eigenvalue weighted by Crippen LogP contribution is -2.35. The number of amides is 1. The molecule has 1 heterocycles. The van der Waals surface area contributed by atoms with E-state index in [2.05, 4.69) is 5.32 Å².